The van der Waals surface area contributed by atoms with Crippen LogP contribution in [0.1, 0.15) is 27.2 Å². The third-order valence-corrected chi connectivity index (χ3v) is 4.19. The predicted octanol–water partition coefficient (Wildman–Crippen LogP) is 3.99. The summed E-state index contributed by atoms with van der Waals surface area (Å²) in [5, 5.41) is 9.34. The summed E-state index contributed by atoms with van der Waals surface area (Å²) >= 11 is 0. The van der Waals surface area contributed by atoms with Crippen molar-refractivity contribution in [2.45, 2.75) is 20.8 Å². The van der Waals surface area contributed by atoms with Crippen molar-refractivity contribution >= 4 is 23.4 Å². The van der Waals surface area contributed by atoms with Gasteiger partial charge in [0.05, 0.1) is 0 Å². The van der Waals surface area contributed by atoms with Crippen LogP contribution in [0.3, 0.4) is 0 Å². The predicted molar refractivity (Wildman–Crippen MR) is 113 cm³/mol. The number of nitrogens with one attached hydrogen (secondary N) is 3. The minimum Gasteiger partial charge on any atom is -0.352 e. The monoisotopic (exact) mass is 375 g/mol. The molecule has 0 atom stereocenters. The highest BCUT2D eigenvalue weighted by molar-refractivity contribution is 5.94. The highest BCUT2D eigenvalue weighted by Crippen LogP contribution is 2.17. The van der Waals surface area contributed by atoms with Gasteiger partial charge in [0.15, 0.2) is 0 Å². The number of hydrogen-bond acceptors (Lipinski definition) is 5. The molecule has 0 aliphatic heterocycles. The molecule has 0 bridgehead atoms. The van der Waals surface area contributed by atoms with Crippen LogP contribution in [0, 0.1) is 20.8 Å². The highest BCUT2D eigenvalue weighted by atomic mass is 16.1. The molecule has 0 aliphatic carbocycles. The first kappa shape index (κ1) is 19.4. The van der Waals surface area contributed by atoms with Crippen LogP contribution < -0.4 is 16.0 Å². The normalized spacial score (nSPS) is 10.4. The molecular formula is C22H25N5O. The number of nitrogens with zero attached hydrogens (tertiary/aromatic N) is 2. The fourth-order valence-electron chi connectivity index (χ4n) is 2.65. The number of aromatic nitrogens is 2. The summed E-state index contributed by atoms with van der Waals surface area (Å²) in [5.41, 5.74) is 4.82. The van der Waals surface area contributed by atoms with Crippen molar-refractivity contribution in [3.05, 3.63) is 77.0 Å². The van der Waals surface area contributed by atoms with E-state index in [1.165, 1.54) is 5.56 Å². The van der Waals surface area contributed by atoms with Gasteiger partial charge in [0.1, 0.15) is 5.82 Å². The maximum absolute atomic E-state index is 12.1. The van der Waals surface area contributed by atoms with E-state index in [0.717, 1.165) is 22.8 Å². The molecule has 3 aromatic rings. The van der Waals surface area contributed by atoms with Crippen molar-refractivity contribution in [2.24, 2.45) is 0 Å². The number of aryl methyl sites for hydroxylation is 3. The van der Waals surface area contributed by atoms with Crippen LogP contribution in [0.2, 0.25) is 0 Å². The molecule has 2 aromatic carbocycles. The van der Waals surface area contributed by atoms with Gasteiger partial charge in [-0.2, -0.15) is 4.98 Å². The summed E-state index contributed by atoms with van der Waals surface area (Å²) in [6.07, 6.45) is 0. The van der Waals surface area contributed by atoms with Gasteiger partial charge in [-0.15, -0.1) is 0 Å². The van der Waals surface area contributed by atoms with Crippen LogP contribution in [0.15, 0.2) is 54.6 Å². The molecule has 1 aromatic heterocycles. The van der Waals surface area contributed by atoms with Gasteiger partial charge >= 0.3 is 0 Å². The maximum Gasteiger partial charge on any atom is 0.251 e. The zero-order valence-electron chi connectivity index (χ0n) is 16.4. The molecule has 1 amide bonds. The molecule has 0 radical (unpaired) electrons. The van der Waals surface area contributed by atoms with Crippen LogP contribution in [0.4, 0.5) is 17.5 Å². The Morgan fingerprint density at radius 2 is 1.50 bits per heavy atom. The molecule has 6 heteroatoms. The Kier molecular flexibility index (Phi) is 6.22. The van der Waals surface area contributed by atoms with Crippen LogP contribution in [-0.2, 0) is 0 Å². The first-order chi connectivity index (χ1) is 13.5. The van der Waals surface area contributed by atoms with Gasteiger partial charge in [-0.05, 0) is 45.0 Å². The molecule has 6 nitrogen and oxygen atoms in total. The fraction of sp³-hybridized carbons (Fsp3) is 0.227. The lowest BCUT2D eigenvalue weighted by Crippen LogP contribution is -2.29. The molecule has 0 aliphatic rings. The van der Waals surface area contributed by atoms with E-state index in [1.807, 2.05) is 68.4 Å². The van der Waals surface area contributed by atoms with Crippen molar-refractivity contribution in [1.29, 1.82) is 0 Å². The lowest BCUT2D eigenvalue weighted by molar-refractivity contribution is 0.0955. The smallest absolute Gasteiger partial charge is 0.251 e. The van der Waals surface area contributed by atoms with Gasteiger partial charge < -0.3 is 16.0 Å². The van der Waals surface area contributed by atoms with Crippen LogP contribution in [0.25, 0.3) is 0 Å². The van der Waals surface area contributed by atoms with Crippen molar-refractivity contribution in [1.82, 2.24) is 15.3 Å². The van der Waals surface area contributed by atoms with Gasteiger partial charge in [-0.3, -0.25) is 4.79 Å². The third kappa shape index (κ3) is 5.54. The Morgan fingerprint density at radius 1 is 0.857 bits per heavy atom. The van der Waals surface area contributed by atoms with Crippen LogP contribution in [-0.4, -0.2) is 29.0 Å². The molecule has 0 unspecified atom stereocenters. The molecule has 0 fully saturated rings. The first-order valence-corrected chi connectivity index (χ1v) is 9.28. The summed E-state index contributed by atoms with van der Waals surface area (Å²) in [5.74, 6) is 1.16. The van der Waals surface area contributed by atoms with E-state index in [2.05, 4.69) is 32.8 Å². The first-order valence-electron chi connectivity index (χ1n) is 9.28. The summed E-state index contributed by atoms with van der Waals surface area (Å²) < 4.78 is 0. The van der Waals surface area contributed by atoms with E-state index in [4.69, 9.17) is 0 Å². The summed E-state index contributed by atoms with van der Waals surface area (Å²) in [7, 11) is 0. The van der Waals surface area contributed by atoms with Crippen LogP contribution in [0.5, 0.6) is 0 Å². The minimum atomic E-state index is -0.0892. The molecule has 0 spiro atoms. The van der Waals surface area contributed by atoms with Crippen molar-refractivity contribution < 1.29 is 4.79 Å². The topological polar surface area (TPSA) is 78.9 Å². The molecule has 3 rings (SSSR count). The Labute approximate surface area is 165 Å². The lowest BCUT2D eigenvalue weighted by Gasteiger charge is -2.11. The molecule has 3 N–H and O–H groups in total. The Balaban J connectivity index is 1.52. The quantitative estimate of drug-likeness (QED) is 0.544. The summed E-state index contributed by atoms with van der Waals surface area (Å²) in [6.45, 7) is 6.98. The fourth-order valence-corrected chi connectivity index (χ4v) is 2.65. The van der Waals surface area contributed by atoms with E-state index in [-0.39, 0.29) is 5.91 Å². The largest absolute Gasteiger partial charge is 0.352 e. The molecule has 28 heavy (non-hydrogen) atoms. The lowest BCUT2D eigenvalue weighted by atomic mass is 10.1. The molecule has 1 heterocycles. The molecule has 0 saturated heterocycles. The summed E-state index contributed by atoms with van der Waals surface area (Å²) in [4.78, 5) is 21.0. The number of amides is 1. The Hall–Kier alpha value is -3.41. The second-order valence-corrected chi connectivity index (χ2v) is 6.76. The Morgan fingerprint density at radius 3 is 2.18 bits per heavy atom. The number of carbonyl (C=O) groups is 1. The zero-order valence-corrected chi connectivity index (χ0v) is 16.4. The average Bonchev–Trinajstić information content (AvgIpc) is 2.67. The second-order valence-electron chi connectivity index (χ2n) is 6.76. The highest BCUT2D eigenvalue weighted by Gasteiger charge is 2.05. The average molecular weight is 375 g/mol. The third-order valence-electron chi connectivity index (χ3n) is 4.19. The molecular weight excluding hydrogens is 350 g/mol. The van der Waals surface area contributed by atoms with E-state index in [1.54, 1.807) is 0 Å². The zero-order chi connectivity index (χ0) is 19.9. The van der Waals surface area contributed by atoms with E-state index < -0.39 is 0 Å². The van der Waals surface area contributed by atoms with E-state index >= 15 is 0 Å². The van der Waals surface area contributed by atoms with Gasteiger partial charge in [0.25, 0.3) is 5.91 Å². The minimum absolute atomic E-state index is 0.0892. The maximum atomic E-state index is 12.1. The van der Waals surface area contributed by atoms with Gasteiger partial charge in [-0.25, -0.2) is 4.98 Å². The number of rotatable bonds is 7. The van der Waals surface area contributed by atoms with E-state index in [9.17, 15) is 4.79 Å². The van der Waals surface area contributed by atoms with Crippen molar-refractivity contribution in [3.63, 3.8) is 0 Å². The molecule has 0 saturated carbocycles. The van der Waals surface area contributed by atoms with Crippen LogP contribution >= 0.6 is 0 Å². The van der Waals surface area contributed by atoms with E-state index in [0.29, 0.717) is 24.6 Å². The van der Waals surface area contributed by atoms with Gasteiger partial charge in [-0.1, -0.05) is 35.4 Å². The number of carbonyl (C=O) groups excluding carboxylic acids is 1. The SMILES string of the molecule is Cc1ccc(Nc2cc(C)nc(NCCNC(=O)c3ccc(C)cc3)n2)cc1. The number of anilines is 3. The van der Waals surface area contributed by atoms with Gasteiger partial charge in [0, 0.05) is 36.1 Å². The number of benzene rings is 2. The summed E-state index contributed by atoms with van der Waals surface area (Å²) in [6, 6.07) is 17.5. The van der Waals surface area contributed by atoms with Gasteiger partial charge in [0.2, 0.25) is 5.95 Å². The van der Waals surface area contributed by atoms with Crippen molar-refractivity contribution in [3.8, 4) is 0 Å². The number of hydrogen-bond donors (Lipinski definition) is 3. The molecule has 144 valence electrons. The second kappa shape index (κ2) is 8.99. The Bertz CT molecular complexity index is 936. The standard InChI is InChI=1S/C22H25N5O/c1-15-4-8-18(9-5-15)21(28)23-12-13-24-22-25-17(3)14-20(27-22)26-19-10-6-16(2)7-11-19/h4-11,14H,12-13H2,1-3H3,(H,23,28)(H2,24,25,26,27). The van der Waals surface area contributed by atoms with Crippen molar-refractivity contribution in [2.75, 3.05) is 23.7 Å².